The van der Waals surface area contributed by atoms with E-state index >= 15 is 0 Å². The maximum Gasteiger partial charge on any atom is 0.296 e. The summed E-state index contributed by atoms with van der Waals surface area (Å²) in [6.45, 7) is 2.80. The second kappa shape index (κ2) is 17.8. The summed E-state index contributed by atoms with van der Waals surface area (Å²) >= 11 is 6.19. The number of ether oxygens (including phenoxy) is 1. The number of phenolic OH excluding ortho intramolecular Hbond substituents is 1. The number of H-pyrrole nitrogens is 1. The lowest BCUT2D eigenvalue weighted by atomic mass is 10.1. The van der Waals surface area contributed by atoms with E-state index in [1.165, 1.54) is 57.4 Å². The number of aryl methyl sites for hydroxylation is 1. The van der Waals surface area contributed by atoms with E-state index in [1.807, 2.05) is 0 Å². The molecule has 64 heavy (non-hydrogen) atoms. The zero-order valence-electron chi connectivity index (χ0n) is 32.5. The van der Waals surface area contributed by atoms with Crippen LogP contribution in [0.25, 0.3) is 10.8 Å². The molecule has 0 saturated carbocycles. The number of carbonyl (C=O) groups is 1. The van der Waals surface area contributed by atoms with Crippen LogP contribution in [-0.2, 0) is 35.1 Å². The molecule has 6 rings (SSSR count). The number of phenols is 1. The zero-order valence-corrected chi connectivity index (χ0v) is 35.7. The van der Waals surface area contributed by atoms with Crippen LogP contribution < -0.4 is 21.2 Å². The Morgan fingerprint density at radius 3 is 2.09 bits per heavy atom. The van der Waals surface area contributed by atoms with Crippen LogP contribution in [0.4, 0.5) is 40.1 Å². The molecule has 332 valence electrons. The second-order valence-corrected chi connectivity index (χ2v) is 17.5. The van der Waals surface area contributed by atoms with Crippen molar-refractivity contribution in [3.05, 3.63) is 99.4 Å². The molecule has 4 aromatic carbocycles. The highest BCUT2D eigenvalue weighted by Crippen LogP contribution is 2.46. The van der Waals surface area contributed by atoms with Crippen LogP contribution in [0.5, 0.6) is 11.5 Å². The maximum atomic E-state index is 12.7. The number of anilines is 2. The third kappa shape index (κ3) is 10.6. The van der Waals surface area contributed by atoms with Crippen molar-refractivity contribution in [3.8, 4) is 11.5 Å². The maximum absolute atomic E-state index is 12.7. The van der Waals surface area contributed by atoms with Crippen molar-refractivity contribution in [1.82, 2.24) is 15.0 Å². The summed E-state index contributed by atoms with van der Waals surface area (Å²) < 4.78 is 109. The summed E-state index contributed by atoms with van der Waals surface area (Å²) in [6.07, 6.45) is 5.97. The number of hydrogen-bond donors (Lipinski definition) is 7. The third-order valence-electron chi connectivity index (χ3n) is 8.46. The number of aromatic amines is 1. The molecule has 1 aliphatic rings. The van der Waals surface area contributed by atoms with Gasteiger partial charge in [0.25, 0.3) is 42.0 Å². The van der Waals surface area contributed by atoms with Crippen molar-refractivity contribution < 1.29 is 58.5 Å². The summed E-state index contributed by atoms with van der Waals surface area (Å²) in [5.41, 5.74) is 3.60. The number of benzene rings is 4. The summed E-state index contributed by atoms with van der Waals surface area (Å²) in [7, 11) is -14.1. The first-order chi connectivity index (χ1) is 29.9. The lowest BCUT2D eigenvalue weighted by molar-refractivity contribution is -0.385. The van der Waals surface area contributed by atoms with E-state index in [1.54, 1.807) is 0 Å². The first-order valence-corrected chi connectivity index (χ1v) is 22.0. The second-order valence-electron chi connectivity index (χ2n) is 12.9. The molecule has 1 amide bonds. The summed E-state index contributed by atoms with van der Waals surface area (Å²) in [6, 6.07) is 7.61. The number of amides is 1. The summed E-state index contributed by atoms with van der Waals surface area (Å²) in [5.74, 6) is -1.80. The minimum absolute atomic E-state index is 0.0704. The van der Waals surface area contributed by atoms with Gasteiger partial charge in [0.1, 0.15) is 26.9 Å². The topological polar surface area (TPSA) is 380 Å². The van der Waals surface area contributed by atoms with E-state index in [0.717, 1.165) is 30.3 Å². The Kier molecular flexibility index (Phi) is 12.8. The zero-order chi connectivity index (χ0) is 46.9. The lowest BCUT2D eigenvalue weighted by Gasteiger charge is -2.16. The molecule has 0 spiro atoms. The molecule has 1 heterocycles. The minimum Gasteiger partial charge on any atom is -0.505 e. The average Bonchev–Trinajstić information content (AvgIpc) is 3.19. The van der Waals surface area contributed by atoms with Crippen LogP contribution in [0.1, 0.15) is 12.5 Å². The number of allylic oxidation sites excluding steroid dienone is 4. The lowest BCUT2D eigenvalue weighted by Crippen LogP contribution is -2.14. The Bertz CT molecular complexity index is 3390. The van der Waals surface area contributed by atoms with Gasteiger partial charge >= 0.3 is 0 Å². The SMILES string of the molecule is COc1cc(NNc2ccc([N+](=O)[O-])cc2S(=O)(=O)O)c(C)cc1N=Nc1c(S(=O)(=O)O)cc2cc(S(=O)(=O)O)cc(N=c3nc(N=C4C=CC(=NC(C)=O)C=C4)nc(Cl)[nH]3)c2c1O. The van der Waals surface area contributed by atoms with E-state index in [9.17, 15) is 58.9 Å². The van der Waals surface area contributed by atoms with Gasteiger partial charge in [0.2, 0.25) is 16.8 Å². The molecule has 25 nitrogen and oxygen atoms in total. The monoisotopic (exact) mass is 957 g/mol. The molecule has 0 radical (unpaired) electrons. The Morgan fingerprint density at radius 2 is 1.48 bits per heavy atom. The highest BCUT2D eigenvalue weighted by molar-refractivity contribution is 7.86. The third-order valence-corrected chi connectivity index (χ3v) is 11.2. The van der Waals surface area contributed by atoms with Gasteiger partial charge in [-0.15, -0.1) is 10.2 Å². The van der Waals surface area contributed by atoms with Gasteiger partial charge in [-0.1, -0.05) is 0 Å². The van der Waals surface area contributed by atoms with Gasteiger partial charge in [0.15, 0.2) is 5.75 Å². The van der Waals surface area contributed by atoms with Crippen LogP contribution in [0.3, 0.4) is 0 Å². The van der Waals surface area contributed by atoms with Crippen molar-refractivity contribution in [2.75, 3.05) is 18.0 Å². The number of aromatic hydroxyl groups is 1. The molecule has 0 saturated heterocycles. The van der Waals surface area contributed by atoms with Gasteiger partial charge in [0, 0.05) is 25.1 Å². The average molecular weight is 958 g/mol. The van der Waals surface area contributed by atoms with E-state index in [-0.39, 0.29) is 39.8 Å². The molecule has 7 N–H and O–H groups in total. The quantitative estimate of drug-likeness (QED) is 0.0265. The number of nitrogens with zero attached hydrogens (tertiary/aromatic N) is 8. The Hall–Kier alpha value is -7.34. The number of carbonyl (C=O) groups excluding carboxylic acids is 1. The van der Waals surface area contributed by atoms with E-state index < -0.39 is 95.1 Å². The predicted octanol–water partition coefficient (Wildman–Crippen LogP) is 5.56. The highest BCUT2D eigenvalue weighted by atomic mass is 35.5. The van der Waals surface area contributed by atoms with Crippen molar-refractivity contribution >= 4 is 110 Å². The van der Waals surface area contributed by atoms with Gasteiger partial charge in [-0.2, -0.15) is 35.2 Å². The number of hydrogen-bond acceptors (Lipinski definition) is 19. The first-order valence-electron chi connectivity index (χ1n) is 17.3. The number of azo groups is 1. The van der Waals surface area contributed by atoms with Crippen LogP contribution in [0.2, 0.25) is 5.28 Å². The molecular weight excluding hydrogens is 930 g/mol. The van der Waals surface area contributed by atoms with Gasteiger partial charge < -0.3 is 15.3 Å². The number of rotatable bonds is 12. The standard InChI is InChI=1S/C35H28ClN11O14S3/c1-16-10-25(27(61-3)15-24(16)44-43-23-9-8-21(47(50)51)13-28(23)63(55,56)57)45-46-31-29(64(58,59)60)12-18-11-22(62(52,53)54)14-26(30(18)32(31)49)39-35-41-33(36)40-34(42-35)38-20-6-4-19(5-7-20)37-17(2)48/h4-15,43-44,49H,1-3H3,(H,52,53,54)(H,55,56,57)(H,58,59,60)(H,39,40,41,42). The Labute approximate surface area is 364 Å². The highest BCUT2D eigenvalue weighted by Gasteiger charge is 2.26. The smallest absolute Gasteiger partial charge is 0.296 e. The van der Waals surface area contributed by atoms with E-state index in [0.29, 0.717) is 17.3 Å². The van der Waals surface area contributed by atoms with Crippen molar-refractivity contribution in [2.24, 2.45) is 25.2 Å². The van der Waals surface area contributed by atoms with Crippen molar-refractivity contribution in [2.45, 2.75) is 28.5 Å². The first kappa shape index (κ1) is 46.2. The molecule has 0 fully saturated rings. The van der Waals surface area contributed by atoms with Gasteiger partial charge in [-0.3, -0.25) is 39.0 Å². The number of hydrazine groups is 1. The fourth-order valence-corrected chi connectivity index (χ4v) is 7.69. The van der Waals surface area contributed by atoms with Crippen molar-refractivity contribution in [3.63, 3.8) is 0 Å². The predicted molar refractivity (Wildman–Crippen MR) is 227 cm³/mol. The number of fused-ring (bicyclic) bond motifs is 1. The van der Waals surface area contributed by atoms with Gasteiger partial charge in [-0.25, -0.2) is 15.0 Å². The van der Waals surface area contributed by atoms with Gasteiger partial charge in [-0.05, 0) is 84.1 Å². The molecule has 5 aromatic rings. The molecule has 0 atom stereocenters. The molecule has 0 aliphatic heterocycles. The number of nitro groups is 1. The van der Waals surface area contributed by atoms with Crippen LogP contribution >= 0.6 is 11.6 Å². The molecular formula is C35H28ClN11O14S3. The Balaban J connectivity index is 1.45. The largest absolute Gasteiger partial charge is 0.505 e. The number of methoxy groups -OCH3 is 1. The molecule has 1 aromatic heterocycles. The summed E-state index contributed by atoms with van der Waals surface area (Å²) in [5, 5.41) is 29.7. The number of aromatic nitrogens is 3. The Morgan fingerprint density at radius 1 is 0.828 bits per heavy atom. The number of halogens is 1. The number of non-ortho nitro benzene ring substituents is 1. The van der Waals surface area contributed by atoms with E-state index in [4.69, 9.17) is 16.3 Å². The molecule has 0 bridgehead atoms. The molecule has 1 aliphatic carbocycles. The summed E-state index contributed by atoms with van der Waals surface area (Å²) in [4.78, 5) is 41.8. The number of nitro benzene ring substituents is 1. The van der Waals surface area contributed by atoms with Crippen LogP contribution in [-0.4, -0.2) is 88.3 Å². The van der Waals surface area contributed by atoms with Crippen LogP contribution in [0.15, 0.2) is 113 Å². The fourth-order valence-electron chi connectivity index (χ4n) is 5.67. The molecule has 0 unspecified atom stereocenters. The number of nitrogens with one attached hydrogen (secondary N) is 3. The normalized spacial score (nSPS) is 13.4. The number of aliphatic imine (C=N–C) groups is 2. The van der Waals surface area contributed by atoms with Crippen LogP contribution in [0, 0.1) is 17.0 Å². The van der Waals surface area contributed by atoms with Crippen molar-refractivity contribution in [1.29, 1.82) is 0 Å². The van der Waals surface area contributed by atoms with Gasteiger partial charge in [0.05, 0.1) is 50.8 Å². The molecule has 29 heteroatoms. The minimum atomic E-state index is -5.29. The van der Waals surface area contributed by atoms with E-state index in [2.05, 4.69) is 51.0 Å². The fraction of sp³-hybridized carbons (Fsp3) is 0.0857.